The van der Waals surface area contributed by atoms with Crippen LogP contribution in [0.25, 0.3) is 0 Å². The van der Waals surface area contributed by atoms with Crippen LogP contribution in [0.1, 0.15) is 21.5 Å². The summed E-state index contributed by atoms with van der Waals surface area (Å²) in [6.07, 6.45) is -4.68. The first kappa shape index (κ1) is 16.5. The van der Waals surface area contributed by atoms with Crippen molar-refractivity contribution in [3.63, 3.8) is 0 Å². The molecule has 2 aromatic rings. The summed E-state index contributed by atoms with van der Waals surface area (Å²) in [5.74, 6) is -2.09. The molecule has 1 amide bonds. The number of amides is 1. The molecule has 0 saturated carbocycles. The van der Waals surface area contributed by atoms with Crippen LogP contribution in [0.4, 0.5) is 23.2 Å². The molecule has 0 radical (unpaired) electrons. The number of alkyl halides is 3. The van der Waals surface area contributed by atoms with E-state index in [2.05, 4.69) is 5.32 Å². The van der Waals surface area contributed by atoms with Crippen LogP contribution in [0.5, 0.6) is 0 Å². The van der Waals surface area contributed by atoms with Crippen LogP contribution >= 0.6 is 0 Å². The summed E-state index contributed by atoms with van der Waals surface area (Å²) in [5, 5.41) is 11.9. The maximum absolute atomic E-state index is 13.7. The average molecular weight is 339 g/mol. The van der Waals surface area contributed by atoms with E-state index in [-0.39, 0.29) is 12.3 Å². The third kappa shape index (κ3) is 3.13. The highest BCUT2D eigenvalue weighted by molar-refractivity contribution is 6.61. The van der Waals surface area contributed by atoms with Gasteiger partial charge in [-0.15, -0.1) is 0 Å². The Hall–Kier alpha value is -2.39. The van der Waals surface area contributed by atoms with E-state index < -0.39 is 36.1 Å². The minimum Gasteiger partial charge on any atom is -0.423 e. The van der Waals surface area contributed by atoms with Gasteiger partial charge in [0.1, 0.15) is 5.82 Å². The Morgan fingerprint density at radius 2 is 1.96 bits per heavy atom. The number of fused-ring (bicyclic) bond motifs is 1. The van der Waals surface area contributed by atoms with Crippen LogP contribution in [0, 0.1) is 5.82 Å². The number of carbonyl (C=O) groups is 1. The number of halogens is 4. The van der Waals surface area contributed by atoms with E-state index in [0.29, 0.717) is 23.7 Å². The van der Waals surface area contributed by atoms with Gasteiger partial charge in [-0.05, 0) is 41.4 Å². The second-order valence-corrected chi connectivity index (χ2v) is 5.22. The number of hydrogen-bond donors (Lipinski definition) is 2. The summed E-state index contributed by atoms with van der Waals surface area (Å²) >= 11 is 0. The molecule has 0 aliphatic carbocycles. The largest absolute Gasteiger partial charge is 0.491 e. The molecule has 4 nitrogen and oxygen atoms in total. The van der Waals surface area contributed by atoms with Gasteiger partial charge in [0.2, 0.25) is 0 Å². The molecule has 1 aliphatic heterocycles. The summed E-state index contributed by atoms with van der Waals surface area (Å²) < 4.78 is 56.8. The minimum absolute atomic E-state index is 0.208. The first-order valence-corrected chi connectivity index (χ1v) is 6.86. The predicted octanol–water partition coefficient (Wildman–Crippen LogP) is 2.31. The lowest BCUT2D eigenvalue weighted by Crippen LogP contribution is -2.28. The topological polar surface area (TPSA) is 58.6 Å². The monoisotopic (exact) mass is 339 g/mol. The lowest BCUT2D eigenvalue weighted by Gasteiger charge is -2.11. The van der Waals surface area contributed by atoms with Gasteiger partial charge in [-0.25, -0.2) is 4.39 Å². The molecule has 24 heavy (non-hydrogen) atoms. The summed E-state index contributed by atoms with van der Waals surface area (Å²) in [6.45, 7) is 0.215. The van der Waals surface area contributed by atoms with Crippen molar-refractivity contribution in [1.82, 2.24) is 0 Å². The quantitative estimate of drug-likeness (QED) is 0.652. The third-order valence-corrected chi connectivity index (χ3v) is 3.60. The first-order valence-electron chi connectivity index (χ1n) is 6.86. The molecular formula is C15H10BF4NO3. The van der Waals surface area contributed by atoms with E-state index in [1.807, 2.05) is 0 Å². The van der Waals surface area contributed by atoms with Crippen LogP contribution in [-0.2, 0) is 17.4 Å². The summed E-state index contributed by atoms with van der Waals surface area (Å²) in [5.41, 5.74) is -0.461. The third-order valence-electron chi connectivity index (χ3n) is 3.60. The Kier molecular flexibility index (Phi) is 4.06. The van der Waals surface area contributed by atoms with E-state index in [4.69, 9.17) is 4.65 Å². The standard InChI is InChI=1S/C15H10BF4NO3/c17-13-4-2-9(15(18,19)20)5-11(13)14(22)21-10-3-1-8-7-24-16(23)12(8)6-10/h1-6,23H,7H2,(H,21,22). The van der Waals surface area contributed by atoms with Crippen molar-refractivity contribution in [2.45, 2.75) is 12.8 Å². The molecule has 2 aromatic carbocycles. The maximum Gasteiger partial charge on any atom is 0.491 e. The fourth-order valence-corrected chi connectivity index (χ4v) is 2.37. The van der Waals surface area contributed by atoms with E-state index in [0.717, 1.165) is 5.56 Å². The first-order chi connectivity index (χ1) is 11.3. The zero-order chi connectivity index (χ0) is 17.5. The van der Waals surface area contributed by atoms with E-state index in [9.17, 15) is 27.4 Å². The van der Waals surface area contributed by atoms with Crippen molar-refractivity contribution in [3.05, 3.63) is 58.9 Å². The van der Waals surface area contributed by atoms with Gasteiger partial charge in [0.15, 0.2) is 0 Å². The smallest absolute Gasteiger partial charge is 0.423 e. The molecular weight excluding hydrogens is 329 g/mol. The minimum atomic E-state index is -4.68. The summed E-state index contributed by atoms with van der Waals surface area (Å²) in [6, 6.07) is 6.13. The van der Waals surface area contributed by atoms with E-state index in [1.54, 1.807) is 6.07 Å². The average Bonchev–Trinajstić information content (AvgIpc) is 2.87. The molecule has 0 saturated heterocycles. The van der Waals surface area contributed by atoms with E-state index >= 15 is 0 Å². The Morgan fingerprint density at radius 3 is 2.67 bits per heavy atom. The molecule has 0 bridgehead atoms. The molecule has 2 N–H and O–H groups in total. The van der Waals surface area contributed by atoms with Crippen LogP contribution in [0.3, 0.4) is 0 Å². The van der Waals surface area contributed by atoms with Gasteiger partial charge in [-0.3, -0.25) is 4.79 Å². The Morgan fingerprint density at radius 1 is 1.21 bits per heavy atom. The van der Waals surface area contributed by atoms with Gasteiger partial charge in [0.05, 0.1) is 17.7 Å². The number of hydrogen-bond acceptors (Lipinski definition) is 3. The number of benzene rings is 2. The molecule has 0 spiro atoms. The highest BCUT2D eigenvalue weighted by atomic mass is 19.4. The molecule has 0 fully saturated rings. The van der Waals surface area contributed by atoms with Crippen LogP contribution in [-0.4, -0.2) is 18.0 Å². The molecule has 9 heteroatoms. The number of anilines is 1. The fourth-order valence-electron chi connectivity index (χ4n) is 2.37. The van der Waals surface area contributed by atoms with Crippen molar-refractivity contribution in [3.8, 4) is 0 Å². The second-order valence-electron chi connectivity index (χ2n) is 5.22. The predicted molar refractivity (Wildman–Crippen MR) is 78.2 cm³/mol. The van der Waals surface area contributed by atoms with Gasteiger partial charge in [-0.2, -0.15) is 13.2 Å². The van der Waals surface area contributed by atoms with E-state index in [1.165, 1.54) is 12.1 Å². The SMILES string of the molecule is O=C(Nc1ccc2c(c1)B(O)OC2)c1cc(C(F)(F)F)ccc1F. The Labute approximate surface area is 134 Å². The molecule has 0 unspecified atom stereocenters. The summed E-state index contributed by atoms with van der Waals surface area (Å²) in [7, 11) is -1.14. The van der Waals surface area contributed by atoms with Crippen molar-refractivity contribution in [2.75, 3.05) is 5.32 Å². The molecule has 3 rings (SSSR count). The summed E-state index contributed by atoms with van der Waals surface area (Å²) in [4.78, 5) is 12.1. The van der Waals surface area contributed by atoms with Gasteiger partial charge < -0.3 is 15.0 Å². The number of rotatable bonds is 2. The van der Waals surface area contributed by atoms with Gasteiger partial charge in [0, 0.05) is 5.69 Å². The lowest BCUT2D eigenvalue weighted by atomic mass is 9.79. The van der Waals surface area contributed by atoms with Crippen molar-refractivity contribution in [1.29, 1.82) is 0 Å². The molecule has 1 aliphatic rings. The maximum atomic E-state index is 13.7. The van der Waals surface area contributed by atoms with Gasteiger partial charge >= 0.3 is 13.3 Å². The highest BCUT2D eigenvalue weighted by Crippen LogP contribution is 2.30. The highest BCUT2D eigenvalue weighted by Gasteiger charge is 2.32. The van der Waals surface area contributed by atoms with Crippen LogP contribution < -0.4 is 10.8 Å². The Balaban J connectivity index is 1.87. The van der Waals surface area contributed by atoms with Gasteiger partial charge in [-0.1, -0.05) is 6.07 Å². The lowest BCUT2D eigenvalue weighted by molar-refractivity contribution is -0.137. The Bertz CT molecular complexity index is 810. The fraction of sp³-hybridized carbons (Fsp3) is 0.133. The number of carbonyl (C=O) groups excluding carboxylic acids is 1. The molecule has 0 aromatic heterocycles. The zero-order valence-electron chi connectivity index (χ0n) is 12.0. The second kappa shape index (κ2) is 5.92. The molecule has 124 valence electrons. The van der Waals surface area contributed by atoms with Crippen LogP contribution in [0.15, 0.2) is 36.4 Å². The number of nitrogens with one attached hydrogen (secondary N) is 1. The molecule has 0 atom stereocenters. The van der Waals surface area contributed by atoms with Crippen molar-refractivity contribution < 1.29 is 32.0 Å². The van der Waals surface area contributed by atoms with Gasteiger partial charge in [0.25, 0.3) is 5.91 Å². The zero-order valence-corrected chi connectivity index (χ0v) is 12.0. The normalized spacial score (nSPS) is 13.8. The van der Waals surface area contributed by atoms with Crippen molar-refractivity contribution in [2.24, 2.45) is 0 Å². The molecule has 1 heterocycles. The van der Waals surface area contributed by atoms with Crippen LogP contribution in [0.2, 0.25) is 0 Å². The van der Waals surface area contributed by atoms with Crippen molar-refractivity contribution >= 4 is 24.2 Å².